The van der Waals surface area contributed by atoms with Crippen molar-refractivity contribution >= 4 is 0 Å². The molecular formula is C15H33N. The van der Waals surface area contributed by atoms with Crippen LogP contribution in [-0.2, 0) is 0 Å². The first-order chi connectivity index (χ1) is 7.65. The molecule has 0 atom stereocenters. The highest BCUT2D eigenvalue weighted by atomic mass is 14.8. The topological polar surface area (TPSA) is 12.0 Å². The molecule has 1 N–H and O–H groups in total. The highest BCUT2D eigenvalue weighted by Gasteiger charge is 2.01. The van der Waals surface area contributed by atoms with Crippen LogP contribution in [0.4, 0.5) is 0 Å². The molecule has 1 heteroatoms. The molecular weight excluding hydrogens is 194 g/mol. The van der Waals surface area contributed by atoms with Gasteiger partial charge in [0.05, 0.1) is 0 Å². The summed E-state index contributed by atoms with van der Waals surface area (Å²) < 4.78 is 0. The molecule has 0 saturated heterocycles. The molecule has 0 aromatic heterocycles. The van der Waals surface area contributed by atoms with Gasteiger partial charge in [-0.3, -0.25) is 0 Å². The van der Waals surface area contributed by atoms with E-state index in [1.807, 2.05) is 7.05 Å². The zero-order chi connectivity index (χ0) is 12.8. The molecule has 0 unspecified atom stereocenters. The lowest BCUT2D eigenvalue weighted by Crippen LogP contribution is -2.02. The Labute approximate surface area is 104 Å². The van der Waals surface area contributed by atoms with E-state index in [0.29, 0.717) is 0 Å². The van der Waals surface area contributed by atoms with Gasteiger partial charge >= 0.3 is 0 Å². The fourth-order valence-electron chi connectivity index (χ4n) is 1.80. The lowest BCUT2D eigenvalue weighted by atomic mass is 9.96. The van der Waals surface area contributed by atoms with Crippen LogP contribution in [-0.4, -0.2) is 7.05 Å². The number of allylic oxidation sites excluding steroid dienone is 1. The maximum atomic E-state index is 3.75. The summed E-state index contributed by atoms with van der Waals surface area (Å²) in [5, 5.41) is 2.97. The van der Waals surface area contributed by atoms with Gasteiger partial charge in [0.2, 0.25) is 0 Å². The number of rotatable bonds is 8. The van der Waals surface area contributed by atoms with Gasteiger partial charge in [-0.15, -0.1) is 0 Å². The summed E-state index contributed by atoms with van der Waals surface area (Å²) >= 11 is 0. The fourth-order valence-corrected chi connectivity index (χ4v) is 1.80. The van der Waals surface area contributed by atoms with Gasteiger partial charge in [-0.05, 0) is 12.3 Å². The molecule has 0 radical (unpaired) electrons. The van der Waals surface area contributed by atoms with Crippen molar-refractivity contribution in [3.05, 3.63) is 12.3 Å². The molecule has 0 bridgehead atoms. The van der Waals surface area contributed by atoms with E-state index in [-0.39, 0.29) is 0 Å². The molecule has 16 heavy (non-hydrogen) atoms. The molecule has 98 valence electrons. The molecule has 0 aromatic rings. The van der Waals surface area contributed by atoms with Crippen molar-refractivity contribution in [2.75, 3.05) is 7.05 Å². The Balaban J connectivity index is 0. The van der Waals surface area contributed by atoms with Crippen LogP contribution in [0.1, 0.15) is 72.6 Å². The third-order valence-corrected chi connectivity index (χ3v) is 2.88. The second kappa shape index (κ2) is 14.5. The third-order valence-electron chi connectivity index (χ3n) is 2.88. The minimum absolute atomic E-state index is 1.01. The Morgan fingerprint density at radius 1 is 1.00 bits per heavy atom. The van der Waals surface area contributed by atoms with Crippen molar-refractivity contribution in [3.63, 3.8) is 0 Å². The SMILES string of the molecule is C=C(CCC)NC.CCCC(CC)CCC. The van der Waals surface area contributed by atoms with Gasteiger partial charge < -0.3 is 5.32 Å². The molecule has 0 fully saturated rings. The van der Waals surface area contributed by atoms with Crippen LogP contribution in [0.15, 0.2) is 12.3 Å². The molecule has 0 aromatic carbocycles. The number of hydrogen-bond acceptors (Lipinski definition) is 1. The first-order valence-corrected chi connectivity index (χ1v) is 7.01. The molecule has 0 rings (SSSR count). The van der Waals surface area contributed by atoms with Gasteiger partial charge in [0, 0.05) is 12.7 Å². The summed E-state index contributed by atoms with van der Waals surface area (Å²) in [5.74, 6) is 1.01. The number of hydrogen-bond donors (Lipinski definition) is 1. The zero-order valence-electron chi connectivity index (χ0n) is 12.2. The Morgan fingerprint density at radius 2 is 1.50 bits per heavy atom. The van der Waals surface area contributed by atoms with Gasteiger partial charge in [0.15, 0.2) is 0 Å². The quantitative estimate of drug-likeness (QED) is 0.606. The molecule has 0 amide bonds. The van der Waals surface area contributed by atoms with Crippen molar-refractivity contribution < 1.29 is 0 Å². The predicted octanol–water partition coefficient (Wildman–Crippen LogP) is 5.13. The van der Waals surface area contributed by atoms with Gasteiger partial charge in [-0.2, -0.15) is 0 Å². The van der Waals surface area contributed by atoms with Crippen molar-refractivity contribution in [1.82, 2.24) is 5.32 Å². The Kier molecular flexibility index (Phi) is 16.3. The second-order valence-corrected chi connectivity index (χ2v) is 4.46. The smallest absolute Gasteiger partial charge is 0.00309 e. The van der Waals surface area contributed by atoms with E-state index in [2.05, 4.69) is 39.6 Å². The Hall–Kier alpha value is -0.460. The Bertz CT molecular complexity index is 134. The minimum atomic E-state index is 1.01. The summed E-state index contributed by atoms with van der Waals surface area (Å²) in [6.07, 6.45) is 9.24. The summed E-state index contributed by atoms with van der Waals surface area (Å²) in [6, 6.07) is 0. The standard InChI is InChI=1S/C9H20.C6H13N/c1-4-7-9(6-3)8-5-2;1-4-5-6(2)7-3/h9H,4-8H2,1-3H3;7H,2,4-5H2,1,3H3. The van der Waals surface area contributed by atoms with E-state index >= 15 is 0 Å². The van der Waals surface area contributed by atoms with Crippen molar-refractivity contribution in [1.29, 1.82) is 0 Å². The van der Waals surface area contributed by atoms with Crippen LogP contribution in [0.25, 0.3) is 0 Å². The summed E-state index contributed by atoms with van der Waals surface area (Å²) in [7, 11) is 1.90. The van der Waals surface area contributed by atoms with Gasteiger partial charge in [0.1, 0.15) is 0 Å². The van der Waals surface area contributed by atoms with Crippen LogP contribution in [0.5, 0.6) is 0 Å². The summed E-state index contributed by atoms with van der Waals surface area (Å²) in [6.45, 7) is 12.7. The lowest BCUT2D eigenvalue weighted by molar-refractivity contribution is 0.427. The van der Waals surface area contributed by atoms with Crippen LogP contribution < -0.4 is 5.32 Å². The van der Waals surface area contributed by atoms with Gasteiger partial charge in [-0.1, -0.05) is 72.8 Å². The normalized spacial score (nSPS) is 9.62. The number of nitrogens with one attached hydrogen (secondary N) is 1. The second-order valence-electron chi connectivity index (χ2n) is 4.46. The maximum Gasteiger partial charge on any atom is 0.00309 e. The first-order valence-electron chi connectivity index (χ1n) is 7.01. The van der Waals surface area contributed by atoms with E-state index < -0.39 is 0 Å². The predicted molar refractivity (Wildman–Crippen MR) is 76.7 cm³/mol. The Morgan fingerprint density at radius 3 is 1.69 bits per heavy atom. The first kappa shape index (κ1) is 17.9. The van der Waals surface area contributed by atoms with E-state index in [4.69, 9.17) is 0 Å². The minimum Gasteiger partial charge on any atom is -0.392 e. The van der Waals surface area contributed by atoms with Crippen LogP contribution >= 0.6 is 0 Å². The van der Waals surface area contributed by atoms with Crippen molar-refractivity contribution in [2.45, 2.75) is 72.6 Å². The molecule has 1 nitrogen and oxygen atoms in total. The average molecular weight is 227 g/mol. The van der Waals surface area contributed by atoms with Crippen LogP contribution in [0.3, 0.4) is 0 Å². The average Bonchev–Trinajstić information content (AvgIpc) is 2.30. The third kappa shape index (κ3) is 13.5. The monoisotopic (exact) mass is 227 g/mol. The molecule has 0 aliphatic heterocycles. The molecule has 0 saturated carbocycles. The molecule has 0 spiro atoms. The fraction of sp³-hybridized carbons (Fsp3) is 0.867. The molecule has 0 aliphatic carbocycles. The van der Waals surface area contributed by atoms with Crippen molar-refractivity contribution in [3.8, 4) is 0 Å². The van der Waals surface area contributed by atoms with Crippen molar-refractivity contribution in [2.24, 2.45) is 5.92 Å². The van der Waals surface area contributed by atoms with Crippen LogP contribution in [0, 0.1) is 5.92 Å². The highest BCUT2D eigenvalue weighted by molar-refractivity contribution is 4.87. The van der Waals surface area contributed by atoms with E-state index in [9.17, 15) is 0 Å². The maximum absolute atomic E-state index is 3.75. The highest BCUT2D eigenvalue weighted by Crippen LogP contribution is 2.16. The van der Waals surface area contributed by atoms with Gasteiger partial charge in [-0.25, -0.2) is 0 Å². The van der Waals surface area contributed by atoms with E-state index in [1.165, 1.54) is 38.5 Å². The summed E-state index contributed by atoms with van der Waals surface area (Å²) in [4.78, 5) is 0. The van der Waals surface area contributed by atoms with E-state index in [0.717, 1.165) is 18.0 Å². The summed E-state index contributed by atoms with van der Waals surface area (Å²) in [5.41, 5.74) is 1.13. The molecule has 0 aliphatic rings. The zero-order valence-corrected chi connectivity index (χ0v) is 12.2. The van der Waals surface area contributed by atoms with E-state index in [1.54, 1.807) is 0 Å². The van der Waals surface area contributed by atoms with Crippen LogP contribution in [0.2, 0.25) is 0 Å². The largest absolute Gasteiger partial charge is 0.392 e. The van der Waals surface area contributed by atoms with Gasteiger partial charge in [0.25, 0.3) is 0 Å². The lowest BCUT2D eigenvalue weighted by Gasteiger charge is -2.10. The molecule has 0 heterocycles.